The zero-order chi connectivity index (χ0) is 15.4. The molecule has 0 saturated carbocycles. The Morgan fingerprint density at radius 2 is 2.19 bits per heavy atom. The number of benzene rings is 1. The molecule has 1 aromatic carbocycles. The van der Waals surface area contributed by atoms with Crippen molar-refractivity contribution in [2.45, 2.75) is 10.9 Å². The summed E-state index contributed by atoms with van der Waals surface area (Å²) in [4.78, 5) is 25.3. The molecule has 8 heteroatoms. The number of morpholine rings is 1. The molecule has 0 bridgehead atoms. The van der Waals surface area contributed by atoms with Gasteiger partial charge >= 0.3 is 5.97 Å². The van der Waals surface area contributed by atoms with Crippen molar-refractivity contribution in [1.29, 1.82) is 0 Å². The van der Waals surface area contributed by atoms with Gasteiger partial charge in [-0.05, 0) is 18.2 Å². The van der Waals surface area contributed by atoms with Crippen LogP contribution < -0.4 is 0 Å². The Hall–Kier alpha value is -0.950. The Balaban J connectivity index is 2.00. The first-order valence-electron chi connectivity index (χ1n) is 6.17. The van der Waals surface area contributed by atoms with Gasteiger partial charge in [0.2, 0.25) is 5.91 Å². The van der Waals surface area contributed by atoms with Gasteiger partial charge in [0, 0.05) is 16.5 Å². The Morgan fingerprint density at radius 1 is 1.43 bits per heavy atom. The van der Waals surface area contributed by atoms with Gasteiger partial charge in [0.25, 0.3) is 0 Å². The standard InChI is InChI=1S/C13H13Cl2NO4S/c14-8-1-2-9(15)11(5-8)21-7-12(17)16-3-4-20-6-10(16)13(18)19/h1-2,5,10H,3-4,6-7H2,(H,18,19). The number of carboxylic acids is 1. The summed E-state index contributed by atoms with van der Waals surface area (Å²) in [6.45, 7) is 0.640. The van der Waals surface area contributed by atoms with Crippen LogP contribution in [0.4, 0.5) is 0 Å². The van der Waals surface area contributed by atoms with Crippen LogP contribution in [0.3, 0.4) is 0 Å². The van der Waals surface area contributed by atoms with Crippen LogP contribution in [0.1, 0.15) is 0 Å². The molecule has 1 N–H and O–H groups in total. The van der Waals surface area contributed by atoms with Crippen molar-refractivity contribution in [3.05, 3.63) is 28.2 Å². The van der Waals surface area contributed by atoms with Crippen LogP contribution in [0.5, 0.6) is 0 Å². The van der Waals surface area contributed by atoms with Gasteiger partial charge in [-0.25, -0.2) is 4.79 Å². The highest BCUT2D eigenvalue weighted by molar-refractivity contribution is 8.00. The van der Waals surface area contributed by atoms with Crippen molar-refractivity contribution in [1.82, 2.24) is 4.90 Å². The third-order valence-electron chi connectivity index (χ3n) is 2.98. The number of hydrogen-bond acceptors (Lipinski definition) is 4. The third-order valence-corrected chi connectivity index (χ3v) is 4.70. The molecular formula is C13H13Cl2NO4S. The zero-order valence-corrected chi connectivity index (χ0v) is 13.2. The maximum atomic E-state index is 12.2. The summed E-state index contributed by atoms with van der Waals surface area (Å²) >= 11 is 13.1. The van der Waals surface area contributed by atoms with E-state index in [2.05, 4.69) is 0 Å². The number of carbonyl (C=O) groups excluding carboxylic acids is 1. The number of rotatable bonds is 4. The summed E-state index contributed by atoms with van der Waals surface area (Å²) < 4.78 is 5.10. The Labute approximate surface area is 136 Å². The third kappa shape index (κ3) is 4.26. The molecule has 1 aromatic rings. The Morgan fingerprint density at radius 3 is 2.90 bits per heavy atom. The van der Waals surface area contributed by atoms with E-state index in [1.165, 1.54) is 16.7 Å². The smallest absolute Gasteiger partial charge is 0.328 e. The van der Waals surface area contributed by atoms with E-state index in [9.17, 15) is 9.59 Å². The lowest BCUT2D eigenvalue weighted by atomic mass is 10.2. The number of carbonyl (C=O) groups is 2. The fourth-order valence-corrected chi connectivity index (χ4v) is 3.30. The summed E-state index contributed by atoms with van der Waals surface area (Å²) in [6.07, 6.45) is 0. The van der Waals surface area contributed by atoms with Crippen LogP contribution in [0.2, 0.25) is 10.0 Å². The number of ether oxygens (including phenoxy) is 1. The van der Waals surface area contributed by atoms with E-state index in [1.807, 2.05) is 0 Å². The number of halogens is 2. The van der Waals surface area contributed by atoms with Crippen molar-refractivity contribution >= 4 is 46.8 Å². The average molecular weight is 350 g/mol. The summed E-state index contributed by atoms with van der Waals surface area (Å²) in [5, 5.41) is 10.1. The SMILES string of the molecule is O=C(O)C1COCCN1C(=O)CSc1cc(Cl)ccc1Cl. The van der Waals surface area contributed by atoms with Crippen LogP contribution in [0, 0.1) is 0 Å². The molecule has 1 heterocycles. The highest BCUT2D eigenvalue weighted by Crippen LogP contribution is 2.30. The second kappa shape index (κ2) is 7.35. The van der Waals surface area contributed by atoms with Crippen LogP contribution in [0.25, 0.3) is 0 Å². The number of carboxylic acid groups (broad SMARTS) is 1. The van der Waals surface area contributed by atoms with E-state index in [-0.39, 0.29) is 24.8 Å². The van der Waals surface area contributed by atoms with Crippen molar-refractivity contribution in [3.8, 4) is 0 Å². The number of thioether (sulfide) groups is 1. The minimum atomic E-state index is -1.06. The van der Waals surface area contributed by atoms with E-state index in [4.69, 9.17) is 33.0 Å². The normalized spacial score (nSPS) is 18.6. The molecule has 1 aliphatic rings. The second-order valence-corrected chi connectivity index (χ2v) is 6.24. The molecule has 21 heavy (non-hydrogen) atoms. The van der Waals surface area contributed by atoms with Gasteiger partial charge in [0.05, 0.1) is 24.0 Å². The second-order valence-electron chi connectivity index (χ2n) is 4.38. The molecule has 1 atom stereocenters. The topological polar surface area (TPSA) is 66.8 Å². The van der Waals surface area contributed by atoms with Crippen LogP contribution in [-0.2, 0) is 14.3 Å². The molecule has 2 rings (SSSR count). The van der Waals surface area contributed by atoms with Crippen molar-refractivity contribution in [3.63, 3.8) is 0 Å². The monoisotopic (exact) mass is 349 g/mol. The minimum Gasteiger partial charge on any atom is -0.480 e. The molecule has 1 saturated heterocycles. The van der Waals surface area contributed by atoms with Crippen molar-refractivity contribution in [2.24, 2.45) is 0 Å². The largest absolute Gasteiger partial charge is 0.480 e. The highest BCUT2D eigenvalue weighted by atomic mass is 35.5. The van der Waals surface area contributed by atoms with Crippen molar-refractivity contribution in [2.75, 3.05) is 25.5 Å². The van der Waals surface area contributed by atoms with Gasteiger partial charge in [-0.2, -0.15) is 0 Å². The minimum absolute atomic E-state index is 0.0175. The average Bonchev–Trinajstić information content (AvgIpc) is 2.47. The summed E-state index contributed by atoms with van der Waals surface area (Å²) in [5.74, 6) is -1.22. The lowest BCUT2D eigenvalue weighted by Gasteiger charge is -2.32. The lowest BCUT2D eigenvalue weighted by Crippen LogP contribution is -2.53. The highest BCUT2D eigenvalue weighted by Gasteiger charge is 2.32. The van der Waals surface area contributed by atoms with Gasteiger partial charge < -0.3 is 14.7 Å². The number of aliphatic carboxylic acids is 1. The predicted octanol–water partition coefficient (Wildman–Crippen LogP) is 2.40. The molecular weight excluding hydrogens is 337 g/mol. The fourth-order valence-electron chi connectivity index (χ4n) is 1.92. The van der Waals surface area contributed by atoms with E-state index in [1.54, 1.807) is 18.2 Å². The van der Waals surface area contributed by atoms with Gasteiger partial charge in [-0.15, -0.1) is 11.8 Å². The van der Waals surface area contributed by atoms with E-state index < -0.39 is 12.0 Å². The first-order valence-corrected chi connectivity index (χ1v) is 7.91. The molecule has 1 unspecified atom stereocenters. The maximum absolute atomic E-state index is 12.2. The molecule has 1 fully saturated rings. The van der Waals surface area contributed by atoms with Gasteiger partial charge in [0.1, 0.15) is 0 Å². The van der Waals surface area contributed by atoms with Crippen LogP contribution in [-0.4, -0.2) is 53.4 Å². The van der Waals surface area contributed by atoms with E-state index >= 15 is 0 Å². The number of amides is 1. The quantitative estimate of drug-likeness (QED) is 0.845. The maximum Gasteiger partial charge on any atom is 0.328 e. The Kier molecular flexibility index (Phi) is 5.75. The molecule has 0 aromatic heterocycles. The molecule has 1 aliphatic heterocycles. The summed E-state index contributed by atoms with van der Waals surface area (Å²) in [7, 11) is 0. The molecule has 0 aliphatic carbocycles. The summed E-state index contributed by atoms with van der Waals surface area (Å²) in [5.41, 5.74) is 0. The first-order chi connectivity index (χ1) is 9.99. The van der Waals surface area contributed by atoms with Crippen LogP contribution in [0.15, 0.2) is 23.1 Å². The van der Waals surface area contributed by atoms with Crippen LogP contribution >= 0.6 is 35.0 Å². The molecule has 0 radical (unpaired) electrons. The Bertz CT molecular complexity index is 555. The number of nitrogens with zero attached hydrogens (tertiary/aromatic N) is 1. The lowest BCUT2D eigenvalue weighted by molar-refractivity contribution is -0.157. The van der Waals surface area contributed by atoms with E-state index in [0.29, 0.717) is 21.5 Å². The summed E-state index contributed by atoms with van der Waals surface area (Å²) in [6, 6.07) is 4.07. The van der Waals surface area contributed by atoms with E-state index in [0.717, 1.165) is 0 Å². The fraction of sp³-hybridized carbons (Fsp3) is 0.385. The molecule has 114 valence electrons. The van der Waals surface area contributed by atoms with Crippen molar-refractivity contribution < 1.29 is 19.4 Å². The number of hydrogen-bond donors (Lipinski definition) is 1. The molecule has 0 spiro atoms. The molecule has 1 amide bonds. The van der Waals surface area contributed by atoms with Gasteiger partial charge in [-0.1, -0.05) is 23.2 Å². The predicted molar refractivity (Wildman–Crippen MR) is 81.1 cm³/mol. The van der Waals surface area contributed by atoms with Gasteiger partial charge in [-0.3, -0.25) is 4.79 Å². The zero-order valence-electron chi connectivity index (χ0n) is 10.9. The van der Waals surface area contributed by atoms with Gasteiger partial charge in [0.15, 0.2) is 6.04 Å². The first kappa shape index (κ1) is 16.4. The molecule has 5 nitrogen and oxygen atoms in total.